The highest BCUT2D eigenvalue weighted by molar-refractivity contribution is 5.89. The van der Waals surface area contributed by atoms with Crippen molar-refractivity contribution in [3.8, 4) is 6.07 Å². The summed E-state index contributed by atoms with van der Waals surface area (Å²) in [6.45, 7) is 9.11. The SMILES string of the molecule is CC1(C)C2CCC3(C2)C1C(=O)C(C#N)CC3(C)C. The lowest BCUT2D eigenvalue weighted by molar-refractivity contribution is -0.151. The van der Waals surface area contributed by atoms with Gasteiger partial charge in [0.05, 0.1) is 6.07 Å². The third-order valence-corrected chi connectivity index (χ3v) is 6.74. The Kier molecular flexibility index (Phi) is 2.16. The summed E-state index contributed by atoms with van der Waals surface area (Å²) in [5.74, 6) is 0.693. The van der Waals surface area contributed by atoms with Gasteiger partial charge in [0.25, 0.3) is 0 Å². The Morgan fingerprint density at radius 1 is 1.22 bits per heavy atom. The van der Waals surface area contributed by atoms with E-state index in [0.717, 1.165) is 6.42 Å². The Labute approximate surface area is 110 Å². The molecule has 0 aliphatic heterocycles. The van der Waals surface area contributed by atoms with E-state index in [1.54, 1.807) is 0 Å². The zero-order chi connectivity index (χ0) is 13.3. The minimum atomic E-state index is -0.366. The number of carbonyl (C=O) groups is 1. The van der Waals surface area contributed by atoms with Crippen LogP contribution in [0.2, 0.25) is 0 Å². The minimum absolute atomic E-state index is 0.0993. The van der Waals surface area contributed by atoms with Crippen LogP contribution in [0.5, 0.6) is 0 Å². The number of Topliss-reactive ketones (excluding diaryl/α,β-unsaturated/α-hetero) is 1. The summed E-state index contributed by atoms with van der Waals surface area (Å²) in [5.41, 5.74) is 0.419. The van der Waals surface area contributed by atoms with Gasteiger partial charge in [0, 0.05) is 5.92 Å². The predicted molar refractivity (Wildman–Crippen MR) is 69.6 cm³/mol. The van der Waals surface area contributed by atoms with Gasteiger partial charge >= 0.3 is 0 Å². The van der Waals surface area contributed by atoms with Gasteiger partial charge in [0.15, 0.2) is 5.78 Å². The Hall–Kier alpha value is -0.840. The van der Waals surface area contributed by atoms with Gasteiger partial charge in [-0.05, 0) is 47.8 Å². The summed E-state index contributed by atoms with van der Waals surface area (Å²) in [6.07, 6.45) is 4.45. The van der Waals surface area contributed by atoms with Crippen LogP contribution >= 0.6 is 0 Å². The van der Waals surface area contributed by atoms with Gasteiger partial charge in [-0.3, -0.25) is 4.79 Å². The van der Waals surface area contributed by atoms with Crippen molar-refractivity contribution in [1.29, 1.82) is 5.26 Å². The van der Waals surface area contributed by atoms with Gasteiger partial charge in [0.1, 0.15) is 5.92 Å². The molecule has 3 rings (SSSR count). The van der Waals surface area contributed by atoms with E-state index in [-0.39, 0.29) is 33.9 Å². The monoisotopic (exact) mass is 245 g/mol. The second-order valence-electron chi connectivity index (χ2n) is 8.02. The molecule has 0 aromatic heterocycles. The molecule has 4 atom stereocenters. The van der Waals surface area contributed by atoms with Gasteiger partial charge in [-0.1, -0.05) is 27.7 Å². The lowest BCUT2D eigenvalue weighted by Gasteiger charge is -2.55. The van der Waals surface area contributed by atoms with Crippen LogP contribution in [0.25, 0.3) is 0 Å². The van der Waals surface area contributed by atoms with E-state index in [2.05, 4.69) is 33.8 Å². The fourth-order valence-corrected chi connectivity index (χ4v) is 5.69. The lowest BCUT2D eigenvalue weighted by atomic mass is 9.47. The molecule has 0 heterocycles. The molecule has 0 N–H and O–H groups in total. The van der Waals surface area contributed by atoms with Crippen LogP contribution < -0.4 is 0 Å². The molecule has 2 heteroatoms. The number of hydrogen-bond acceptors (Lipinski definition) is 2. The molecule has 3 fully saturated rings. The fraction of sp³-hybridized carbons (Fsp3) is 0.875. The first-order chi connectivity index (χ1) is 8.26. The summed E-state index contributed by atoms with van der Waals surface area (Å²) in [5, 5.41) is 9.28. The molecule has 3 aliphatic carbocycles. The largest absolute Gasteiger partial charge is 0.298 e. The van der Waals surface area contributed by atoms with Gasteiger partial charge in [-0.15, -0.1) is 0 Å². The topological polar surface area (TPSA) is 40.9 Å². The maximum atomic E-state index is 12.7. The van der Waals surface area contributed by atoms with Crippen LogP contribution in [0.4, 0.5) is 0 Å². The van der Waals surface area contributed by atoms with E-state index >= 15 is 0 Å². The number of fused-ring (bicyclic) bond motifs is 1. The summed E-state index contributed by atoms with van der Waals surface area (Å²) >= 11 is 0. The smallest absolute Gasteiger partial charge is 0.154 e. The second kappa shape index (κ2) is 3.18. The van der Waals surface area contributed by atoms with E-state index < -0.39 is 0 Å². The quantitative estimate of drug-likeness (QED) is 0.654. The van der Waals surface area contributed by atoms with Crippen molar-refractivity contribution in [3.05, 3.63) is 0 Å². The summed E-state index contributed by atoms with van der Waals surface area (Å²) < 4.78 is 0. The van der Waals surface area contributed by atoms with Gasteiger partial charge in [-0.25, -0.2) is 0 Å². The van der Waals surface area contributed by atoms with E-state index in [9.17, 15) is 10.1 Å². The first-order valence-corrected chi connectivity index (χ1v) is 7.20. The van der Waals surface area contributed by atoms with Gasteiger partial charge < -0.3 is 0 Å². The third kappa shape index (κ3) is 1.12. The Morgan fingerprint density at radius 2 is 1.89 bits per heavy atom. The number of nitriles is 1. The molecule has 4 unspecified atom stereocenters. The summed E-state index contributed by atoms with van der Waals surface area (Å²) in [6, 6.07) is 2.27. The first kappa shape index (κ1) is 12.2. The van der Waals surface area contributed by atoms with Crippen molar-refractivity contribution in [1.82, 2.24) is 0 Å². The van der Waals surface area contributed by atoms with Crippen LogP contribution in [0.1, 0.15) is 53.4 Å². The van der Waals surface area contributed by atoms with Crippen molar-refractivity contribution in [2.45, 2.75) is 53.4 Å². The molecule has 98 valence electrons. The molecule has 0 aromatic carbocycles. The zero-order valence-electron chi connectivity index (χ0n) is 11.9. The van der Waals surface area contributed by atoms with E-state index in [1.807, 2.05) is 0 Å². The van der Waals surface area contributed by atoms with Crippen molar-refractivity contribution in [3.63, 3.8) is 0 Å². The van der Waals surface area contributed by atoms with Crippen molar-refractivity contribution < 1.29 is 4.79 Å². The average Bonchev–Trinajstić information content (AvgIpc) is 2.79. The molecule has 0 amide bonds. The molecule has 0 radical (unpaired) electrons. The molecular formula is C16H23NO. The molecule has 18 heavy (non-hydrogen) atoms. The van der Waals surface area contributed by atoms with Crippen LogP contribution in [-0.4, -0.2) is 5.78 Å². The standard InChI is InChI=1S/C16H23NO/c1-14(2)7-10(9-17)12(18)13-15(3,4)11-5-6-16(13,14)8-11/h10-11,13H,5-8H2,1-4H3. The highest BCUT2D eigenvalue weighted by Crippen LogP contribution is 2.74. The van der Waals surface area contributed by atoms with Crippen LogP contribution in [0, 0.1) is 45.3 Å². The molecule has 0 saturated heterocycles. The molecule has 2 bridgehead atoms. The van der Waals surface area contributed by atoms with Crippen LogP contribution in [0.3, 0.4) is 0 Å². The zero-order valence-corrected chi connectivity index (χ0v) is 11.9. The Morgan fingerprint density at radius 3 is 2.50 bits per heavy atom. The number of carbonyl (C=O) groups excluding carboxylic acids is 1. The molecular weight excluding hydrogens is 222 g/mol. The van der Waals surface area contributed by atoms with Gasteiger partial charge in [0.2, 0.25) is 0 Å². The second-order valence-corrected chi connectivity index (χ2v) is 8.02. The lowest BCUT2D eigenvalue weighted by Crippen LogP contribution is -2.55. The van der Waals surface area contributed by atoms with E-state index in [4.69, 9.17) is 0 Å². The Balaban J connectivity index is 2.15. The van der Waals surface area contributed by atoms with Crippen molar-refractivity contribution >= 4 is 5.78 Å². The van der Waals surface area contributed by atoms with Crippen LogP contribution in [0.15, 0.2) is 0 Å². The maximum absolute atomic E-state index is 12.7. The van der Waals surface area contributed by atoms with E-state index in [0.29, 0.717) is 5.92 Å². The molecule has 0 aromatic rings. The van der Waals surface area contributed by atoms with Crippen LogP contribution in [-0.2, 0) is 4.79 Å². The Bertz CT molecular complexity index is 456. The fourth-order valence-electron chi connectivity index (χ4n) is 5.69. The summed E-state index contributed by atoms with van der Waals surface area (Å²) in [7, 11) is 0. The normalized spacial score (nSPS) is 47.7. The van der Waals surface area contributed by atoms with Crippen molar-refractivity contribution in [2.24, 2.45) is 34.0 Å². The highest BCUT2D eigenvalue weighted by Gasteiger charge is 2.71. The van der Waals surface area contributed by atoms with E-state index in [1.165, 1.54) is 19.3 Å². The highest BCUT2D eigenvalue weighted by atomic mass is 16.1. The predicted octanol–water partition coefficient (Wildman–Crippen LogP) is 3.57. The molecule has 3 aliphatic rings. The minimum Gasteiger partial charge on any atom is -0.298 e. The first-order valence-electron chi connectivity index (χ1n) is 7.20. The average molecular weight is 245 g/mol. The number of ketones is 1. The third-order valence-electron chi connectivity index (χ3n) is 6.74. The number of nitrogens with zero attached hydrogens (tertiary/aromatic N) is 1. The number of hydrogen-bond donors (Lipinski definition) is 0. The number of rotatable bonds is 0. The molecule has 1 spiro atoms. The summed E-state index contributed by atoms with van der Waals surface area (Å²) in [4.78, 5) is 12.7. The van der Waals surface area contributed by atoms with Gasteiger partial charge in [-0.2, -0.15) is 5.26 Å². The molecule has 3 saturated carbocycles. The van der Waals surface area contributed by atoms with Crippen molar-refractivity contribution in [2.75, 3.05) is 0 Å². The molecule has 2 nitrogen and oxygen atoms in total. The maximum Gasteiger partial charge on any atom is 0.154 e.